The van der Waals surface area contributed by atoms with E-state index in [1.807, 2.05) is 6.07 Å². The zero-order chi connectivity index (χ0) is 20.1. The van der Waals surface area contributed by atoms with E-state index in [1.54, 1.807) is 31.2 Å². The van der Waals surface area contributed by atoms with Crippen molar-refractivity contribution in [3.63, 3.8) is 0 Å². The second-order valence-corrected chi connectivity index (χ2v) is 5.72. The summed E-state index contributed by atoms with van der Waals surface area (Å²) < 4.78 is 4.98. The highest BCUT2D eigenvalue weighted by Gasteiger charge is 2.16. The molecule has 0 fully saturated rings. The summed E-state index contributed by atoms with van der Waals surface area (Å²) in [5, 5.41) is 14.8. The lowest BCUT2D eigenvalue weighted by Gasteiger charge is -2.17. The van der Waals surface area contributed by atoms with E-state index in [0.717, 1.165) is 26.1 Å². The Labute approximate surface area is 161 Å². The number of carbonyl (C=O) groups excluding carboxylic acids is 2. The molecule has 0 saturated heterocycles. The van der Waals surface area contributed by atoms with E-state index in [4.69, 9.17) is 4.74 Å². The van der Waals surface area contributed by atoms with Gasteiger partial charge in [-0.25, -0.2) is 4.79 Å². The van der Waals surface area contributed by atoms with Crippen LogP contribution in [0.15, 0.2) is 36.0 Å². The number of nitriles is 1. The van der Waals surface area contributed by atoms with Gasteiger partial charge in [0, 0.05) is 12.7 Å². The van der Waals surface area contributed by atoms with Crippen LogP contribution in [0.5, 0.6) is 0 Å². The lowest BCUT2D eigenvalue weighted by molar-refractivity contribution is -0.112. The number of benzene rings is 1. The third-order valence-corrected chi connectivity index (χ3v) is 3.97. The van der Waals surface area contributed by atoms with Gasteiger partial charge in [-0.3, -0.25) is 4.79 Å². The number of amides is 1. The summed E-state index contributed by atoms with van der Waals surface area (Å²) >= 11 is 0. The molecule has 27 heavy (non-hydrogen) atoms. The van der Waals surface area contributed by atoms with Gasteiger partial charge >= 0.3 is 5.97 Å². The van der Waals surface area contributed by atoms with Crippen molar-refractivity contribution in [2.75, 3.05) is 38.1 Å². The van der Waals surface area contributed by atoms with Gasteiger partial charge in [0.2, 0.25) is 0 Å². The quantitative estimate of drug-likeness (QED) is 0.268. The van der Waals surface area contributed by atoms with Crippen molar-refractivity contribution in [3.8, 4) is 6.07 Å². The maximum Gasteiger partial charge on any atom is 0.340 e. The predicted octanol–water partition coefficient (Wildman–Crippen LogP) is 2.53. The Bertz CT molecular complexity index is 691. The first-order valence-electron chi connectivity index (χ1n) is 9.20. The van der Waals surface area contributed by atoms with E-state index in [9.17, 15) is 14.9 Å². The molecule has 7 heteroatoms. The number of nitrogens with one attached hydrogen (secondary N) is 2. The minimum absolute atomic E-state index is 0.0588. The van der Waals surface area contributed by atoms with Crippen molar-refractivity contribution in [1.29, 1.82) is 5.26 Å². The fraction of sp³-hybridized carbons (Fsp3) is 0.450. The molecule has 0 unspecified atom stereocenters. The van der Waals surface area contributed by atoms with Crippen LogP contribution in [0.3, 0.4) is 0 Å². The van der Waals surface area contributed by atoms with E-state index in [1.165, 1.54) is 6.20 Å². The van der Waals surface area contributed by atoms with Crippen LogP contribution in [-0.4, -0.2) is 49.6 Å². The Balaban J connectivity index is 2.66. The zero-order valence-electron chi connectivity index (χ0n) is 16.2. The fourth-order valence-electron chi connectivity index (χ4n) is 2.44. The van der Waals surface area contributed by atoms with Gasteiger partial charge in [0.1, 0.15) is 11.6 Å². The summed E-state index contributed by atoms with van der Waals surface area (Å²) in [6.45, 7) is 9.79. The van der Waals surface area contributed by atoms with Crippen molar-refractivity contribution in [3.05, 3.63) is 41.6 Å². The third-order valence-electron chi connectivity index (χ3n) is 3.97. The van der Waals surface area contributed by atoms with E-state index in [0.29, 0.717) is 12.2 Å². The molecule has 0 heterocycles. The van der Waals surface area contributed by atoms with E-state index < -0.39 is 11.9 Å². The van der Waals surface area contributed by atoms with Crippen LogP contribution < -0.4 is 10.6 Å². The molecule has 1 rings (SSSR count). The normalized spacial score (nSPS) is 11.0. The molecule has 0 aromatic heterocycles. The van der Waals surface area contributed by atoms with Crippen molar-refractivity contribution >= 4 is 17.6 Å². The predicted molar refractivity (Wildman–Crippen MR) is 105 cm³/mol. The number of hydrogen-bond donors (Lipinski definition) is 2. The molecular weight excluding hydrogens is 344 g/mol. The molecular formula is C20H28N4O3. The summed E-state index contributed by atoms with van der Waals surface area (Å²) in [4.78, 5) is 26.6. The number of carbonyl (C=O) groups is 2. The van der Waals surface area contributed by atoms with Crippen LogP contribution >= 0.6 is 0 Å². The maximum absolute atomic E-state index is 12.3. The van der Waals surface area contributed by atoms with Crippen LogP contribution in [0, 0.1) is 11.3 Å². The first-order chi connectivity index (χ1) is 13.1. The Morgan fingerprint density at radius 2 is 1.93 bits per heavy atom. The summed E-state index contributed by atoms with van der Waals surface area (Å²) in [6.07, 6.45) is 2.31. The average molecular weight is 372 g/mol. The minimum Gasteiger partial charge on any atom is -0.462 e. The maximum atomic E-state index is 12.3. The number of ether oxygens (including phenoxy) is 1. The van der Waals surface area contributed by atoms with Crippen LogP contribution in [0.1, 0.15) is 37.6 Å². The number of hydrogen-bond acceptors (Lipinski definition) is 6. The number of rotatable bonds is 11. The standard InChI is InChI=1S/C20H28N4O3/c1-4-24(5-2)13-9-12-22-15-16(14-21)19(25)23-18-11-8-7-10-17(18)20(26)27-6-3/h7-8,10-11,15,22H,4-6,9,12-13H2,1-3H3,(H,23,25)/b16-15-. The van der Waals surface area contributed by atoms with Crippen molar-refractivity contribution in [1.82, 2.24) is 10.2 Å². The molecule has 1 aromatic rings. The molecule has 0 aliphatic heterocycles. The van der Waals surface area contributed by atoms with Crippen molar-refractivity contribution in [2.45, 2.75) is 27.2 Å². The highest BCUT2D eigenvalue weighted by atomic mass is 16.5. The number of nitrogens with zero attached hydrogens (tertiary/aromatic N) is 2. The van der Waals surface area contributed by atoms with Gasteiger partial charge in [-0.1, -0.05) is 26.0 Å². The molecule has 1 amide bonds. The van der Waals surface area contributed by atoms with Crippen molar-refractivity contribution in [2.24, 2.45) is 0 Å². The van der Waals surface area contributed by atoms with Gasteiger partial charge in [-0.05, 0) is 45.1 Å². The third kappa shape index (κ3) is 7.50. The highest BCUT2D eigenvalue weighted by molar-refractivity contribution is 6.09. The SMILES string of the molecule is CCOC(=O)c1ccccc1NC(=O)/C(C#N)=C\NCCCN(CC)CC. The van der Waals surface area contributed by atoms with Crippen LogP contribution in [0.2, 0.25) is 0 Å². The summed E-state index contributed by atoms with van der Waals surface area (Å²) in [7, 11) is 0. The van der Waals surface area contributed by atoms with Crippen LogP contribution in [0.25, 0.3) is 0 Å². The Morgan fingerprint density at radius 3 is 2.56 bits per heavy atom. The van der Waals surface area contributed by atoms with Gasteiger partial charge in [-0.2, -0.15) is 5.26 Å². The lowest BCUT2D eigenvalue weighted by Crippen LogP contribution is -2.26. The van der Waals surface area contributed by atoms with Gasteiger partial charge in [0.25, 0.3) is 5.91 Å². The zero-order valence-corrected chi connectivity index (χ0v) is 16.2. The molecule has 1 aromatic carbocycles. The first kappa shape index (κ1) is 22.2. The summed E-state index contributed by atoms with van der Waals surface area (Å²) in [5.74, 6) is -1.10. The second kappa shape index (κ2) is 12.5. The van der Waals surface area contributed by atoms with E-state index in [2.05, 4.69) is 29.4 Å². The summed E-state index contributed by atoms with van der Waals surface area (Å²) in [6, 6.07) is 8.41. The number of para-hydroxylation sites is 1. The monoisotopic (exact) mass is 372 g/mol. The lowest BCUT2D eigenvalue weighted by atomic mass is 10.1. The second-order valence-electron chi connectivity index (χ2n) is 5.72. The van der Waals surface area contributed by atoms with E-state index >= 15 is 0 Å². The highest BCUT2D eigenvalue weighted by Crippen LogP contribution is 2.17. The minimum atomic E-state index is -0.578. The molecule has 146 valence electrons. The molecule has 0 spiro atoms. The Morgan fingerprint density at radius 1 is 1.22 bits per heavy atom. The molecule has 7 nitrogen and oxygen atoms in total. The summed E-state index contributed by atoms with van der Waals surface area (Å²) in [5.41, 5.74) is 0.498. The molecule has 0 atom stereocenters. The first-order valence-corrected chi connectivity index (χ1v) is 9.20. The van der Waals surface area contributed by atoms with Gasteiger partial charge in [0.05, 0.1) is 17.9 Å². The molecule has 0 aliphatic rings. The van der Waals surface area contributed by atoms with Crippen molar-refractivity contribution < 1.29 is 14.3 Å². The molecule has 0 aliphatic carbocycles. The van der Waals surface area contributed by atoms with Gasteiger partial charge in [-0.15, -0.1) is 0 Å². The Kier molecular flexibility index (Phi) is 10.3. The topological polar surface area (TPSA) is 94.5 Å². The molecule has 0 saturated carbocycles. The molecule has 0 radical (unpaired) electrons. The van der Waals surface area contributed by atoms with Gasteiger partial charge < -0.3 is 20.3 Å². The number of anilines is 1. The fourth-order valence-corrected chi connectivity index (χ4v) is 2.44. The molecule has 2 N–H and O–H groups in total. The van der Waals surface area contributed by atoms with E-state index in [-0.39, 0.29) is 17.7 Å². The van der Waals surface area contributed by atoms with Crippen LogP contribution in [0.4, 0.5) is 5.69 Å². The number of esters is 1. The largest absolute Gasteiger partial charge is 0.462 e. The Hall–Kier alpha value is -2.85. The van der Waals surface area contributed by atoms with Gasteiger partial charge in [0.15, 0.2) is 0 Å². The molecule has 0 bridgehead atoms. The smallest absolute Gasteiger partial charge is 0.340 e. The average Bonchev–Trinajstić information content (AvgIpc) is 2.68. The van der Waals surface area contributed by atoms with Crippen LogP contribution in [-0.2, 0) is 9.53 Å².